The average Bonchev–Trinajstić information content (AvgIpc) is 2.43. The highest BCUT2D eigenvalue weighted by Gasteiger charge is 2.16. The van der Waals surface area contributed by atoms with Crippen LogP contribution < -0.4 is 15.8 Å². The summed E-state index contributed by atoms with van der Waals surface area (Å²) in [5.41, 5.74) is 5.74. The monoisotopic (exact) mass is 427 g/mol. The van der Waals surface area contributed by atoms with Crippen molar-refractivity contribution in [3.63, 3.8) is 0 Å². The molecule has 6 nitrogen and oxygen atoms in total. The first kappa shape index (κ1) is 17.3. The van der Waals surface area contributed by atoms with Gasteiger partial charge in [-0.25, -0.2) is 9.78 Å². The molecule has 0 aliphatic carbocycles. The van der Waals surface area contributed by atoms with Gasteiger partial charge in [-0.2, -0.15) is 0 Å². The van der Waals surface area contributed by atoms with E-state index in [1.807, 2.05) is 20.8 Å². The topological polar surface area (TPSA) is 86.5 Å². The van der Waals surface area contributed by atoms with Crippen LogP contribution in [0.25, 0.3) is 0 Å². The maximum atomic E-state index is 11.7. The van der Waals surface area contributed by atoms with Gasteiger partial charge in [0.05, 0.1) is 3.57 Å². The molecule has 0 aliphatic heterocycles. The van der Waals surface area contributed by atoms with E-state index in [0.29, 0.717) is 23.0 Å². The summed E-state index contributed by atoms with van der Waals surface area (Å²) >= 11 is 2.12. The number of carbonyl (C=O) groups excluding carboxylic acids is 1. The summed E-state index contributed by atoms with van der Waals surface area (Å²) in [4.78, 5) is 15.7. The number of aromatic nitrogens is 1. The molecule has 0 unspecified atom stereocenters. The van der Waals surface area contributed by atoms with Crippen molar-refractivity contribution in [2.75, 3.05) is 11.1 Å². The number of nitrogens with one attached hydrogen (secondary N) is 1. The SMILES string of the molecule is CC(C)(C)OC(=O)Nc1ccc(Oc2cc(N)ncc2I)cc1. The van der Waals surface area contributed by atoms with Crippen molar-refractivity contribution in [3.05, 3.63) is 40.1 Å². The van der Waals surface area contributed by atoms with Crippen molar-refractivity contribution in [2.24, 2.45) is 0 Å². The fourth-order valence-electron chi connectivity index (χ4n) is 1.67. The Morgan fingerprint density at radius 2 is 1.91 bits per heavy atom. The van der Waals surface area contributed by atoms with E-state index >= 15 is 0 Å². The highest BCUT2D eigenvalue weighted by molar-refractivity contribution is 14.1. The maximum absolute atomic E-state index is 11.7. The minimum atomic E-state index is -0.537. The number of pyridine rings is 1. The van der Waals surface area contributed by atoms with Crippen LogP contribution in [0.1, 0.15) is 20.8 Å². The molecule has 0 bridgehead atoms. The van der Waals surface area contributed by atoms with Crippen LogP contribution >= 0.6 is 22.6 Å². The minimum Gasteiger partial charge on any atom is -0.456 e. The lowest BCUT2D eigenvalue weighted by molar-refractivity contribution is 0.0636. The van der Waals surface area contributed by atoms with E-state index in [1.165, 1.54) is 0 Å². The number of nitrogens with zero attached hydrogens (tertiary/aromatic N) is 1. The van der Waals surface area contributed by atoms with Gasteiger partial charge < -0.3 is 15.2 Å². The summed E-state index contributed by atoms with van der Waals surface area (Å²) in [6, 6.07) is 8.63. The molecule has 2 aromatic rings. The number of carbonyl (C=O) groups is 1. The van der Waals surface area contributed by atoms with E-state index in [1.54, 1.807) is 36.5 Å². The van der Waals surface area contributed by atoms with Crippen LogP contribution in [0.3, 0.4) is 0 Å². The van der Waals surface area contributed by atoms with Crippen LogP contribution in [0.5, 0.6) is 11.5 Å². The first-order valence-electron chi connectivity index (χ1n) is 6.92. The molecule has 0 spiro atoms. The predicted octanol–water partition coefficient (Wildman–Crippen LogP) is 4.41. The Kier molecular flexibility index (Phi) is 5.30. The fraction of sp³-hybridized carbons (Fsp3) is 0.250. The highest BCUT2D eigenvalue weighted by atomic mass is 127. The van der Waals surface area contributed by atoms with Gasteiger partial charge in [-0.3, -0.25) is 5.32 Å². The average molecular weight is 427 g/mol. The molecule has 0 fully saturated rings. The van der Waals surface area contributed by atoms with Gasteiger partial charge in [-0.15, -0.1) is 0 Å². The van der Waals surface area contributed by atoms with Crippen molar-refractivity contribution < 1.29 is 14.3 Å². The van der Waals surface area contributed by atoms with E-state index in [2.05, 4.69) is 32.9 Å². The molecule has 1 aromatic heterocycles. The Morgan fingerprint density at radius 3 is 2.52 bits per heavy atom. The Labute approximate surface area is 148 Å². The molecule has 1 heterocycles. The number of hydrogen-bond acceptors (Lipinski definition) is 5. The molecule has 23 heavy (non-hydrogen) atoms. The minimum absolute atomic E-state index is 0.392. The van der Waals surface area contributed by atoms with Gasteiger partial charge in [0, 0.05) is 18.0 Å². The summed E-state index contributed by atoms with van der Waals surface area (Å²) < 4.78 is 11.8. The zero-order valence-corrected chi connectivity index (χ0v) is 15.2. The van der Waals surface area contributed by atoms with E-state index < -0.39 is 11.7 Å². The van der Waals surface area contributed by atoms with E-state index in [9.17, 15) is 4.79 Å². The first-order chi connectivity index (χ1) is 10.7. The van der Waals surface area contributed by atoms with E-state index in [-0.39, 0.29) is 0 Å². The molecular formula is C16H18IN3O3. The number of benzene rings is 1. The summed E-state index contributed by atoms with van der Waals surface area (Å²) in [5, 5.41) is 2.66. The largest absolute Gasteiger partial charge is 0.456 e. The fourth-order valence-corrected chi connectivity index (χ4v) is 2.07. The second-order valence-electron chi connectivity index (χ2n) is 5.79. The zero-order valence-electron chi connectivity index (χ0n) is 13.1. The van der Waals surface area contributed by atoms with Gasteiger partial charge in [0.25, 0.3) is 0 Å². The molecule has 0 aliphatic rings. The van der Waals surface area contributed by atoms with Crippen LogP contribution in [-0.2, 0) is 4.74 Å². The predicted molar refractivity (Wildman–Crippen MR) is 97.7 cm³/mol. The van der Waals surface area contributed by atoms with Crippen molar-refractivity contribution in [1.82, 2.24) is 4.98 Å². The lowest BCUT2D eigenvalue weighted by atomic mass is 10.2. The standard InChI is InChI=1S/C16H18IN3O3/c1-16(2,3)23-15(21)20-10-4-6-11(7-5-10)22-13-8-14(18)19-9-12(13)17/h4-9H,1-3H3,(H2,18,19)(H,20,21). The van der Waals surface area contributed by atoms with E-state index in [4.69, 9.17) is 15.2 Å². The highest BCUT2D eigenvalue weighted by Crippen LogP contribution is 2.28. The lowest BCUT2D eigenvalue weighted by Crippen LogP contribution is -2.27. The van der Waals surface area contributed by atoms with Crippen molar-refractivity contribution in [3.8, 4) is 11.5 Å². The summed E-state index contributed by atoms with van der Waals surface area (Å²) in [7, 11) is 0. The summed E-state index contributed by atoms with van der Waals surface area (Å²) in [6.07, 6.45) is 1.14. The molecule has 1 aromatic carbocycles. The van der Waals surface area contributed by atoms with Crippen LogP contribution in [-0.4, -0.2) is 16.7 Å². The molecule has 122 valence electrons. The molecule has 1 amide bonds. The Bertz CT molecular complexity index is 697. The molecule has 0 atom stereocenters. The number of ether oxygens (including phenoxy) is 2. The van der Waals surface area contributed by atoms with Crippen LogP contribution in [0.15, 0.2) is 36.5 Å². The zero-order chi connectivity index (χ0) is 17.0. The Balaban J connectivity index is 2.02. The van der Waals surface area contributed by atoms with Crippen molar-refractivity contribution >= 4 is 40.2 Å². The summed E-state index contributed by atoms with van der Waals surface area (Å²) in [6.45, 7) is 5.43. The maximum Gasteiger partial charge on any atom is 0.412 e. The Hall–Kier alpha value is -2.03. The molecule has 0 saturated carbocycles. The molecule has 2 rings (SSSR count). The smallest absolute Gasteiger partial charge is 0.412 e. The third kappa shape index (κ3) is 5.59. The molecule has 7 heteroatoms. The molecule has 3 N–H and O–H groups in total. The molecule has 0 radical (unpaired) electrons. The van der Waals surface area contributed by atoms with Crippen LogP contribution in [0.2, 0.25) is 0 Å². The van der Waals surface area contributed by atoms with Gasteiger partial charge in [0.1, 0.15) is 22.9 Å². The number of nitrogen functional groups attached to an aromatic ring is 1. The number of anilines is 2. The van der Waals surface area contributed by atoms with Gasteiger partial charge in [-0.05, 0) is 67.6 Å². The first-order valence-corrected chi connectivity index (χ1v) is 8.00. The molecule has 0 saturated heterocycles. The summed E-state index contributed by atoms with van der Waals surface area (Å²) in [5.74, 6) is 1.65. The quantitative estimate of drug-likeness (QED) is 0.709. The third-order valence-corrected chi connectivity index (χ3v) is 3.38. The molecular weight excluding hydrogens is 409 g/mol. The third-order valence-electron chi connectivity index (χ3n) is 2.57. The Morgan fingerprint density at radius 1 is 1.26 bits per heavy atom. The number of rotatable bonds is 3. The van der Waals surface area contributed by atoms with Gasteiger partial charge in [0.2, 0.25) is 0 Å². The number of nitrogens with two attached hydrogens (primary N) is 1. The van der Waals surface area contributed by atoms with Crippen LogP contribution in [0, 0.1) is 3.57 Å². The van der Waals surface area contributed by atoms with Crippen LogP contribution in [0.4, 0.5) is 16.3 Å². The van der Waals surface area contributed by atoms with Crippen molar-refractivity contribution in [2.45, 2.75) is 26.4 Å². The van der Waals surface area contributed by atoms with Gasteiger partial charge in [0.15, 0.2) is 0 Å². The number of amides is 1. The van der Waals surface area contributed by atoms with Crippen molar-refractivity contribution in [1.29, 1.82) is 0 Å². The number of hydrogen-bond donors (Lipinski definition) is 2. The van der Waals surface area contributed by atoms with Gasteiger partial charge in [-0.1, -0.05) is 0 Å². The van der Waals surface area contributed by atoms with E-state index in [0.717, 1.165) is 3.57 Å². The lowest BCUT2D eigenvalue weighted by Gasteiger charge is -2.19. The van der Waals surface area contributed by atoms with Gasteiger partial charge >= 0.3 is 6.09 Å². The normalized spacial score (nSPS) is 11.0. The number of halogens is 1. The second kappa shape index (κ2) is 7.03. The second-order valence-corrected chi connectivity index (χ2v) is 6.96.